The first-order valence-corrected chi connectivity index (χ1v) is 9.99. The van der Waals surface area contributed by atoms with Crippen LogP contribution in [0.2, 0.25) is 0 Å². The molecule has 9 heteroatoms. The molecule has 5 atom stereocenters. The lowest BCUT2D eigenvalue weighted by molar-refractivity contribution is -0.142. The Morgan fingerprint density at radius 1 is 1.14 bits per heavy atom. The van der Waals surface area contributed by atoms with Gasteiger partial charge in [0.2, 0.25) is 17.7 Å². The zero-order valence-electron chi connectivity index (χ0n) is 17.2. The zero-order chi connectivity index (χ0) is 21.4. The number of carboxylic acids is 1. The van der Waals surface area contributed by atoms with Crippen molar-refractivity contribution in [3.8, 4) is 0 Å². The summed E-state index contributed by atoms with van der Waals surface area (Å²) in [7, 11) is 0. The molecule has 1 rings (SSSR count). The maximum Gasteiger partial charge on any atom is 0.322 e. The van der Waals surface area contributed by atoms with E-state index in [0.717, 1.165) is 6.42 Å². The van der Waals surface area contributed by atoms with E-state index < -0.39 is 42.5 Å². The molecule has 0 aliphatic carbocycles. The molecular formula is C19H34N4O5. The van der Waals surface area contributed by atoms with Gasteiger partial charge in [-0.3, -0.25) is 19.2 Å². The fourth-order valence-electron chi connectivity index (χ4n) is 3.22. The molecule has 160 valence electrons. The quantitative estimate of drug-likeness (QED) is 0.411. The SMILES string of the molecule is CCC(C)C(N)C(=O)N1CCCC1C(=O)NC(C(=O)NCC(=O)O)C(C)CC. The van der Waals surface area contributed by atoms with Crippen molar-refractivity contribution in [1.29, 1.82) is 0 Å². The van der Waals surface area contributed by atoms with Crippen molar-refractivity contribution < 1.29 is 24.3 Å². The van der Waals surface area contributed by atoms with E-state index in [1.165, 1.54) is 4.90 Å². The van der Waals surface area contributed by atoms with E-state index in [0.29, 0.717) is 25.8 Å². The zero-order valence-corrected chi connectivity index (χ0v) is 17.2. The molecule has 0 bridgehead atoms. The molecule has 0 aromatic carbocycles. The maximum absolute atomic E-state index is 12.9. The first-order valence-electron chi connectivity index (χ1n) is 9.99. The van der Waals surface area contributed by atoms with Gasteiger partial charge in [0.15, 0.2) is 0 Å². The highest BCUT2D eigenvalue weighted by atomic mass is 16.4. The molecule has 5 unspecified atom stereocenters. The predicted octanol–water partition coefficient (Wildman–Crippen LogP) is 0.0825. The van der Waals surface area contributed by atoms with Crippen LogP contribution in [0, 0.1) is 11.8 Å². The summed E-state index contributed by atoms with van der Waals surface area (Å²) in [5, 5.41) is 13.8. The molecule has 0 saturated carbocycles. The van der Waals surface area contributed by atoms with Crippen LogP contribution in [0.25, 0.3) is 0 Å². The Labute approximate surface area is 166 Å². The van der Waals surface area contributed by atoms with Gasteiger partial charge in [-0.2, -0.15) is 0 Å². The molecule has 5 N–H and O–H groups in total. The van der Waals surface area contributed by atoms with Crippen LogP contribution in [0.1, 0.15) is 53.4 Å². The number of nitrogens with zero attached hydrogens (tertiary/aromatic N) is 1. The molecule has 1 saturated heterocycles. The average molecular weight is 399 g/mol. The molecular weight excluding hydrogens is 364 g/mol. The fourth-order valence-corrected chi connectivity index (χ4v) is 3.22. The highest BCUT2D eigenvalue weighted by Gasteiger charge is 2.39. The number of nitrogens with one attached hydrogen (secondary N) is 2. The van der Waals surface area contributed by atoms with E-state index in [1.807, 2.05) is 27.7 Å². The van der Waals surface area contributed by atoms with Crippen LogP contribution < -0.4 is 16.4 Å². The van der Waals surface area contributed by atoms with Crippen LogP contribution in [0.3, 0.4) is 0 Å². The Bertz CT molecular complexity index is 583. The summed E-state index contributed by atoms with van der Waals surface area (Å²) < 4.78 is 0. The summed E-state index contributed by atoms with van der Waals surface area (Å²) in [6.07, 6.45) is 2.58. The van der Waals surface area contributed by atoms with Crippen LogP contribution in [0.4, 0.5) is 0 Å². The predicted molar refractivity (Wildman–Crippen MR) is 104 cm³/mol. The normalized spacial score (nSPS) is 20.8. The van der Waals surface area contributed by atoms with E-state index in [-0.39, 0.29) is 17.7 Å². The second kappa shape index (κ2) is 11.0. The highest BCUT2D eigenvalue weighted by Crippen LogP contribution is 2.21. The number of hydrogen-bond acceptors (Lipinski definition) is 5. The molecule has 0 radical (unpaired) electrons. The lowest BCUT2D eigenvalue weighted by atomic mass is 9.97. The Balaban J connectivity index is 2.86. The number of rotatable bonds is 10. The van der Waals surface area contributed by atoms with Gasteiger partial charge >= 0.3 is 5.97 Å². The monoisotopic (exact) mass is 398 g/mol. The van der Waals surface area contributed by atoms with Gasteiger partial charge in [0.05, 0.1) is 6.04 Å². The first-order chi connectivity index (χ1) is 13.1. The number of nitrogens with two attached hydrogens (primary N) is 1. The van der Waals surface area contributed by atoms with Crippen molar-refractivity contribution in [2.75, 3.05) is 13.1 Å². The molecule has 28 heavy (non-hydrogen) atoms. The van der Waals surface area contributed by atoms with Gasteiger partial charge in [-0.05, 0) is 24.7 Å². The molecule has 3 amide bonds. The van der Waals surface area contributed by atoms with Gasteiger partial charge in [-0.1, -0.05) is 40.5 Å². The summed E-state index contributed by atoms with van der Waals surface area (Å²) in [5.41, 5.74) is 6.06. The summed E-state index contributed by atoms with van der Waals surface area (Å²) in [6.45, 7) is 7.49. The van der Waals surface area contributed by atoms with Crippen molar-refractivity contribution in [2.24, 2.45) is 17.6 Å². The maximum atomic E-state index is 12.9. The number of carboxylic acid groups (broad SMARTS) is 1. The highest BCUT2D eigenvalue weighted by molar-refractivity contribution is 5.94. The van der Waals surface area contributed by atoms with Crippen molar-refractivity contribution in [2.45, 2.75) is 71.5 Å². The molecule has 1 aliphatic heterocycles. The molecule has 0 aromatic rings. The van der Waals surface area contributed by atoms with Crippen molar-refractivity contribution in [3.05, 3.63) is 0 Å². The van der Waals surface area contributed by atoms with E-state index in [2.05, 4.69) is 10.6 Å². The van der Waals surface area contributed by atoms with Crippen LogP contribution >= 0.6 is 0 Å². The lowest BCUT2D eigenvalue weighted by Gasteiger charge is -2.31. The van der Waals surface area contributed by atoms with E-state index in [9.17, 15) is 19.2 Å². The number of amides is 3. The Kier molecular flexibility index (Phi) is 9.37. The average Bonchev–Trinajstić information content (AvgIpc) is 3.17. The summed E-state index contributed by atoms with van der Waals surface area (Å²) in [5.74, 6) is -2.54. The fraction of sp³-hybridized carbons (Fsp3) is 0.789. The minimum absolute atomic E-state index is 0.00599. The van der Waals surface area contributed by atoms with E-state index in [4.69, 9.17) is 10.8 Å². The Morgan fingerprint density at radius 3 is 2.29 bits per heavy atom. The second-order valence-corrected chi connectivity index (χ2v) is 7.58. The molecule has 1 heterocycles. The largest absolute Gasteiger partial charge is 0.480 e. The summed E-state index contributed by atoms with van der Waals surface area (Å²) in [4.78, 5) is 50.1. The molecule has 1 fully saturated rings. The van der Waals surface area contributed by atoms with E-state index in [1.54, 1.807) is 0 Å². The number of carbonyl (C=O) groups excluding carboxylic acids is 3. The smallest absolute Gasteiger partial charge is 0.322 e. The number of hydrogen-bond donors (Lipinski definition) is 4. The van der Waals surface area contributed by atoms with Crippen LogP contribution in [0.5, 0.6) is 0 Å². The van der Waals surface area contributed by atoms with Crippen LogP contribution in [0.15, 0.2) is 0 Å². The van der Waals surface area contributed by atoms with Gasteiger partial charge in [-0.25, -0.2) is 0 Å². The van der Waals surface area contributed by atoms with Gasteiger partial charge in [0, 0.05) is 6.54 Å². The van der Waals surface area contributed by atoms with Crippen LogP contribution in [-0.4, -0.2) is 64.9 Å². The third-order valence-electron chi connectivity index (χ3n) is 5.59. The Morgan fingerprint density at radius 2 is 1.75 bits per heavy atom. The molecule has 0 aromatic heterocycles. The van der Waals surface area contributed by atoms with Crippen molar-refractivity contribution >= 4 is 23.7 Å². The molecule has 1 aliphatic rings. The number of carbonyl (C=O) groups is 4. The van der Waals surface area contributed by atoms with Gasteiger partial charge in [0.25, 0.3) is 0 Å². The minimum atomic E-state index is -1.16. The lowest BCUT2D eigenvalue weighted by Crippen LogP contribution is -2.57. The number of aliphatic carboxylic acids is 1. The topological polar surface area (TPSA) is 142 Å². The summed E-state index contributed by atoms with van der Waals surface area (Å²) >= 11 is 0. The standard InChI is InChI=1S/C19H34N4O5/c1-5-11(3)15(20)19(28)23-9-7-8-13(23)17(26)22-16(12(4)6-2)18(27)21-10-14(24)25/h11-13,15-16H,5-10,20H2,1-4H3,(H,21,27)(H,22,26)(H,24,25). The van der Waals surface area contributed by atoms with Gasteiger partial charge in [-0.15, -0.1) is 0 Å². The van der Waals surface area contributed by atoms with E-state index >= 15 is 0 Å². The van der Waals surface area contributed by atoms with Crippen molar-refractivity contribution in [1.82, 2.24) is 15.5 Å². The first kappa shape index (κ1) is 23.9. The van der Waals surface area contributed by atoms with Crippen molar-refractivity contribution in [3.63, 3.8) is 0 Å². The minimum Gasteiger partial charge on any atom is -0.480 e. The van der Waals surface area contributed by atoms with Gasteiger partial charge < -0.3 is 26.4 Å². The van der Waals surface area contributed by atoms with Crippen LogP contribution in [-0.2, 0) is 19.2 Å². The third-order valence-corrected chi connectivity index (χ3v) is 5.59. The molecule has 9 nitrogen and oxygen atoms in total. The Hall–Kier alpha value is -2.16. The third kappa shape index (κ3) is 6.19. The second-order valence-electron chi connectivity index (χ2n) is 7.58. The number of likely N-dealkylation sites (tertiary alicyclic amines) is 1. The van der Waals surface area contributed by atoms with Gasteiger partial charge in [0.1, 0.15) is 18.6 Å². The molecule has 0 spiro atoms. The summed E-state index contributed by atoms with van der Waals surface area (Å²) in [6, 6.07) is -2.19.